The molecule has 0 aliphatic carbocycles. The highest BCUT2D eigenvalue weighted by Gasteiger charge is 2.41. The molecule has 0 amide bonds. The van der Waals surface area contributed by atoms with Gasteiger partial charge in [-0.2, -0.15) is 0 Å². The summed E-state index contributed by atoms with van der Waals surface area (Å²) in [5.41, 5.74) is -0.292. The molecule has 30 heavy (non-hydrogen) atoms. The van der Waals surface area contributed by atoms with Crippen LogP contribution in [0.1, 0.15) is 33.6 Å². The second kappa shape index (κ2) is 8.91. The number of primary sulfonamides is 1. The summed E-state index contributed by atoms with van der Waals surface area (Å²) in [6.07, 6.45) is 1.55. The van der Waals surface area contributed by atoms with Crippen molar-refractivity contribution in [3.63, 3.8) is 0 Å². The number of nitrogens with zero attached hydrogens (tertiary/aromatic N) is 1. The Morgan fingerprint density at radius 2 is 1.90 bits per heavy atom. The standard InChI is InChI=1S/C19H33N3O6SSi/c1-18(2,3)30(4,5)28-14-19(8-10-27-11-9-19)13-21-16-7-6-15(29(20,25)26)12-17(16)22(23)24/h6-7,12,21H,8-11,13-14H2,1-5H3,(H2,20,25,26). The maximum Gasteiger partial charge on any atom is 0.293 e. The average Bonchev–Trinajstić information content (AvgIpc) is 2.64. The first-order valence-corrected chi connectivity index (χ1v) is 14.4. The third kappa shape index (κ3) is 6.00. The summed E-state index contributed by atoms with van der Waals surface area (Å²) in [7, 11) is -5.99. The zero-order valence-corrected chi connectivity index (χ0v) is 20.2. The molecule has 2 rings (SSSR count). The molecular weight excluding hydrogens is 426 g/mol. The van der Waals surface area contributed by atoms with Crippen LogP contribution in [-0.4, -0.2) is 48.0 Å². The highest BCUT2D eigenvalue weighted by Crippen LogP contribution is 2.40. The van der Waals surface area contributed by atoms with Crippen LogP contribution in [0.15, 0.2) is 23.1 Å². The fraction of sp³-hybridized carbons (Fsp3) is 0.684. The molecule has 0 saturated carbocycles. The van der Waals surface area contributed by atoms with Crippen LogP contribution in [0.3, 0.4) is 0 Å². The maximum absolute atomic E-state index is 11.5. The first-order valence-electron chi connectivity index (χ1n) is 9.94. The van der Waals surface area contributed by atoms with Gasteiger partial charge in [0.2, 0.25) is 10.0 Å². The monoisotopic (exact) mass is 459 g/mol. The average molecular weight is 460 g/mol. The van der Waals surface area contributed by atoms with Gasteiger partial charge in [-0.15, -0.1) is 0 Å². The van der Waals surface area contributed by atoms with Crippen molar-refractivity contribution in [2.75, 3.05) is 31.7 Å². The SMILES string of the molecule is CC(C)(C)[Si](C)(C)OCC1(CNc2ccc(S(N)(=O)=O)cc2[N+](=O)[O-])CCOCC1. The number of nitro benzene ring substituents is 1. The van der Waals surface area contributed by atoms with E-state index < -0.39 is 23.3 Å². The number of nitrogens with two attached hydrogens (primary N) is 1. The first kappa shape index (κ1) is 24.7. The summed E-state index contributed by atoms with van der Waals surface area (Å²) in [5.74, 6) is 0. The lowest BCUT2D eigenvalue weighted by molar-refractivity contribution is -0.384. The van der Waals surface area contributed by atoms with Crippen molar-refractivity contribution in [3.05, 3.63) is 28.3 Å². The molecule has 9 nitrogen and oxygen atoms in total. The summed E-state index contributed by atoms with van der Waals surface area (Å²) in [6, 6.07) is 3.65. The highest BCUT2D eigenvalue weighted by atomic mass is 32.2. The van der Waals surface area contributed by atoms with Crippen molar-refractivity contribution in [2.45, 2.75) is 56.6 Å². The minimum atomic E-state index is -4.03. The van der Waals surface area contributed by atoms with E-state index in [2.05, 4.69) is 39.2 Å². The van der Waals surface area contributed by atoms with Gasteiger partial charge in [-0.1, -0.05) is 20.8 Å². The summed E-state index contributed by atoms with van der Waals surface area (Å²) in [5, 5.41) is 19.8. The van der Waals surface area contributed by atoms with Crippen LogP contribution in [0.4, 0.5) is 11.4 Å². The number of sulfonamides is 1. The zero-order valence-electron chi connectivity index (χ0n) is 18.4. The number of ether oxygens (including phenoxy) is 1. The van der Waals surface area contributed by atoms with Crippen LogP contribution in [0.5, 0.6) is 0 Å². The van der Waals surface area contributed by atoms with Gasteiger partial charge < -0.3 is 14.5 Å². The molecule has 0 spiro atoms. The number of hydrogen-bond donors (Lipinski definition) is 2. The van der Waals surface area contributed by atoms with E-state index in [9.17, 15) is 18.5 Å². The van der Waals surface area contributed by atoms with Crippen LogP contribution >= 0.6 is 0 Å². The lowest BCUT2D eigenvalue weighted by atomic mass is 9.81. The van der Waals surface area contributed by atoms with Gasteiger partial charge in [0.1, 0.15) is 5.69 Å². The summed E-state index contributed by atoms with van der Waals surface area (Å²) in [4.78, 5) is 10.6. The van der Waals surface area contributed by atoms with Gasteiger partial charge in [0, 0.05) is 37.8 Å². The molecule has 0 aromatic heterocycles. The minimum Gasteiger partial charge on any atom is -0.416 e. The molecule has 1 saturated heterocycles. The van der Waals surface area contributed by atoms with Crippen molar-refractivity contribution in [3.8, 4) is 0 Å². The molecule has 1 aromatic rings. The number of hydrogen-bond acceptors (Lipinski definition) is 7. The van der Waals surface area contributed by atoms with Crippen molar-refractivity contribution >= 4 is 29.7 Å². The fourth-order valence-corrected chi connectivity index (χ4v) is 4.63. The van der Waals surface area contributed by atoms with Gasteiger partial charge in [-0.3, -0.25) is 10.1 Å². The Hall–Kier alpha value is -1.53. The predicted molar refractivity (Wildman–Crippen MR) is 119 cm³/mol. The van der Waals surface area contributed by atoms with E-state index in [0.717, 1.165) is 18.9 Å². The van der Waals surface area contributed by atoms with Gasteiger partial charge in [0.25, 0.3) is 5.69 Å². The Morgan fingerprint density at radius 3 is 2.40 bits per heavy atom. The third-order valence-electron chi connectivity index (χ3n) is 6.25. The molecule has 0 bridgehead atoms. The van der Waals surface area contributed by atoms with Crippen LogP contribution in [0, 0.1) is 15.5 Å². The van der Waals surface area contributed by atoms with Gasteiger partial charge >= 0.3 is 0 Å². The van der Waals surface area contributed by atoms with E-state index >= 15 is 0 Å². The summed E-state index contributed by atoms with van der Waals surface area (Å²) < 4.78 is 35.1. The first-order chi connectivity index (χ1) is 13.7. The number of benzene rings is 1. The van der Waals surface area contributed by atoms with E-state index in [-0.39, 0.29) is 26.7 Å². The van der Waals surface area contributed by atoms with Crippen LogP contribution in [0.2, 0.25) is 18.1 Å². The molecule has 1 aromatic carbocycles. The number of anilines is 1. The molecule has 170 valence electrons. The molecule has 11 heteroatoms. The normalized spacial score (nSPS) is 17.5. The lowest BCUT2D eigenvalue weighted by Crippen LogP contribution is -2.47. The number of nitrogens with one attached hydrogen (secondary N) is 1. The van der Waals surface area contributed by atoms with Crippen molar-refractivity contribution in [1.29, 1.82) is 0 Å². The molecule has 3 N–H and O–H groups in total. The Bertz CT molecular complexity index is 877. The van der Waals surface area contributed by atoms with Gasteiger partial charge in [0.05, 0.1) is 9.82 Å². The third-order valence-corrected chi connectivity index (χ3v) is 11.6. The van der Waals surface area contributed by atoms with Crippen LogP contribution in [-0.2, 0) is 19.2 Å². The van der Waals surface area contributed by atoms with Gasteiger partial charge in [0.15, 0.2) is 8.32 Å². The Balaban J connectivity index is 2.23. The van der Waals surface area contributed by atoms with Crippen molar-refractivity contribution < 1.29 is 22.5 Å². The van der Waals surface area contributed by atoms with E-state index in [1.54, 1.807) is 0 Å². The Labute approximate surface area is 179 Å². The molecule has 1 fully saturated rings. The fourth-order valence-electron chi connectivity index (χ4n) is 3.00. The van der Waals surface area contributed by atoms with Crippen molar-refractivity contribution in [2.24, 2.45) is 10.6 Å². The molecule has 0 radical (unpaired) electrons. The largest absolute Gasteiger partial charge is 0.416 e. The summed E-state index contributed by atoms with van der Waals surface area (Å²) in [6.45, 7) is 13.2. The quantitative estimate of drug-likeness (QED) is 0.345. The minimum absolute atomic E-state index is 0.0785. The topological polar surface area (TPSA) is 134 Å². The Morgan fingerprint density at radius 1 is 1.30 bits per heavy atom. The number of nitro groups is 1. The molecule has 1 aliphatic rings. The molecular formula is C19H33N3O6SSi. The van der Waals surface area contributed by atoms with Crippen LogP contribution in [0.25, 0.3) is 0 Å². The predicted octanol–water partition coefficient (Wildman–Crippen LogP) is 3.47. The van der Waals surface area contributed by atoms with E-state index in [1.807, 2.05) is 0 Å². The molecule has 1 heterocycles. The summed E-state index contributed by atoms with van der Waals surface area (Å²) >= 11 is 0. The number of rotatable bonds is 8. The van der Waals surface area contributed by atoms with E-state index in [4.69, 9.17) is 14.3 Å². The second-order valence-corrected chi connectivity index (χ2v) is 15.9. The lowest BCUT2D eigenvalue weighted by Gasteiger charge is -2.43. The molecule has 1 aliphatic heterocycles. The van der Waals surface area contributed by atoms with Gasteiger partial charge in [-0.05, 0) is 43.1 Å². The zero-order chi connectivity index (χ0) is 22.8. The van der Waals surface area contributed by atoms with E-state index in [0.29, 0.717) is 26.4 Å². The Kier molecular flexibility index (Phi) is 7.35. The van der Waals surface area contributed by atoms with Crippen LogP contribution < -0.4 is 10.5 Å². The highest BCUT2D eigenvalue weighted by molar-refractivity contribution is 7.89. The molecule has 0 atom stereocenters. The van der Waals surface area contributed by atoms with Crippen molar-refractivity contribution in [1.82, 2.24) is 0 Å². The second-order valence-electron chi connectivity index (χ2n) is 9.50. The van der Waals surface area contributed by atoms with E-state index in [1.165, 1.54) is 12.1 Å². The van der Waals surface area contributed by atoms with Gasteiger partial charge in [-0.25, -0.2) is 13.6 Å². The smallest absolute Gasteiger partial charge is 0.293 e. The molecule has 0 unspecified atom stereocenters. The maximum atomic E-state index is 11.5.